The van der Waals surface area contributed by atoms with Crippen molar-refractivity contribution in [1.29, 1.82) is 0 Å². The molecule has 0 radical (unpaired) electrons. The van der Waals surface area contributed by atoms with Crippen molar-refractivity contribution in [3.8, 4) is 0 Å². The maximum Gasteiger partial charge on any atom is 0.136 e. The SMILES string of the molecule is Cc1cccc(Nc2cc(NCc3cccnc3)nc(C)n2)c1. The van der Waals surface area contributed by atoms with Crippen LogP contribution in [-0.4, -0.2) is 15.0 Å². The van der Waals surface area contributed by atoms with Crippen molar-refractivity contribution in [2.45, 2.75) is 20.4 Å². The van der Waals surface area contributed by atoms with Crippen molar-refractivity contribution < 1.29 is 0 Å². The third-order valence-corrected chi connectivity index (χ3v) is 3.32. The van der Waals surface area contributed by atoms with E-state index in [0.29, 0.717) is 6.54 Å². The lowest BCUT2D eigenvalue weighted by Crippen LogP contribution is -2.05. The molecular weight excluding hydrogens is 286 g/mol. The number of hydrogen-bond acceptors (Lipinski definition) is 5. The number of benzene rings is 1. The molecule has 0 aliphatic rings. The molecule has 2 aromatic heterocycles. The van der Waals surface area contributed by atoms with Gasteiger partial charge in [-0.05, 0) is 43.2 Å². The monoisotopic (exact) mass is 305 g/mol. The van der Waals surface area contributed by atoms with E-state index >= 15 is 0 Å². The molecule has 5 nitrogen and oxygen atoms in total. The maximum absolute atomic E-state index is 4.44. The number of aryl methyl sites for hydroxylation is 2. The normalized spacial score (nSPS) is 10.3. The van der Waals surface area contributed by atoms with E-state index in [2.05, 4.69) is 44.6 Å². The lowest BCUT2D eigenvalue weighted by molar-refractivity contribution is 1.02. The standard InChI is InChI=1S/C18H19N5/c1-13-5-3-7-16(9-13)23-18-10-17(21-14(2)22-18)20-12-15-6-4-8-19-11-15/h3-11H,12H2,1-2H3,(H2,20,21,22,23). The first-order valence-electron chi connectivity index (χ1n) is 7.51. The average molecular weight is 305 g/mol. The molecule has 0 aliphatic heterocycles. The van der Waals surface area contributed by atoms with E-state index in [1.807, 2.05) is 43.5 Å². The summed E-state index contributed by atoms with van der Waals surface area (Å²) in [5.74, 6) is 2.28. The fourth-order valence-corrected chi connectivity index (χ4v) is 2.29. The van der Waals surface area contributed by atoms with Crippen LogP contribution in [0.2, 0.25) is 0 Å². The number of pyridine rings is 1. The summed E-state index contributed by atoms with van der Waals surface area (Å²) in [5.41, 5.74) is 3.33. The summed E-state index contributed by atoms with van der Waals surface area (Å²) < 4.78 is 0. The molecule has 0 saturated carbocycles. The summed E-state index contributed by atoms with van der Waals surface area (Å²) in [4.78, 5) is 13.0. The first-order chi connectivity index (χ1) is 11.2. The number of anilines is 3. The van der Waals surface area contributed by atoms with Crippen LogP contribution in [0.5, 0.6) is 0 Å². The van der Waals surface area contributed by atoms with Gasteiger partial charge in [-0.3, -0.25) is 4.98 Å². The second kappa shape index (κ2) is 6.87. The summed E-state index contributed by atoms with van der Waals surface area (Å²) in [5, 5.41) is 6.63. The Morgan fingerprint density at radius 2 is 1.83 bits per heavy atom. The van der Waals surface area contributed by atoms with Gasteiger partial charge in [0, 0.05) is 30.7 Å². The molecule has 0 amide bonds. The first kappa shape index (κ1) is 15.0. The highest BCUT2D eigenvalue weighted by atomic mass is 15.1. The Morgan fingerprint density at radius 3 is 2.61 bits per heavy atom. The summed E-state index contributed by atoms with van der Waals surface area (Å²) in [6, 6.07) is 14.1. The fraction of sp³-hybridized carbons (Fsp3) is 0.167. The first-order valence-corrected chi connectivity index (χ1v) is 7.51. The van der Waals surface area contributed by atoms with E-state index in [1.54, 1.807) is 6.20 Å². The third kappa shape index (κ3) is 4.26. The van der Waals surface area contributed by atoms with Crippen LogP contribution < -0.4 is 10.6 Å². The smallest absolute Gasteiger partial charge is 0.136 e. The number of rotatable bonds is 5. The Hall–Kier alpha value is -2.95. The Morgan fingerprint density at radius 1 is 0.957 bits per heavy atom. The molecule has 0 bridgehead atoms. The fourth-order valence-electron chi connectivity index (χ4n) is 2.29. The molecule has 3 rings (SSSR count). The zero-order valence-electron chi connectivity index (χ0n) is 13.2. The van der Waals surface area contributed by atoms with Gasteiger partial charge in [0.05, 0.1) is 0 Å². The zero-order valence-corrected chi connectivity index (χ0v) is 13.2. The number of nitrogens with zero attached hydrogens (tertiary/aromatic N) is 3. The zero-order chi connectivity index (χ0) is 16.1. The Kier molecular flexibility index (Phi) is 4.47. The minimum atomic E-state index is 0.675. The van der Waals surface area contributed by atoms with Crippen LogP contribution in [0.3, 0.4) is 0 Å². The second-order valence-corrected chi connectivity index (χ2v) is 5.39. The van der Waals surface area contributed by atoms with Crippen LogP contribution in [0.15, 0.2) is 54.9 Å². The molecular formula is C18H19N5. The Bertz CT molecular complexity index is 786. The average Bonchev–Trinajstić information content (AvgIpc) is 2.53. The lowest BCUT2D eigenvalue weighted by Gasteiger charge is -2.10. The van der Waals surface area contributed by atoms with E-state index < -0.39 is 0 Å². The van der Waals surface area contributed by atoms with Gasteiger partial charge in [0.15, 0.2) is 0 Å². The quantitative estimate of drug-likeness (QED) is 0.750. The highest BCUT2D eigenvalue weighted by Crippen LogP contribution is 2.18. The topological polar surface area (TPSA) is 62.7 Å². The van der Waals surface area contributed by atoms with Crippen molar-refractivity contribution >= 4 is 17.3 Å². The second-order valence-electron chi connectivity index (χ2n) is 5.39. The molecule has 0 spiro atoms. The molecule has 0 fully saturated rings. The summed E-state index contributed by atoms with van der Waals surface area (Å²) in [6.07, 6.45) is 3.61. The molecule has 2 N–H and O–H groups in total. The molecule has 0 atom stereocenters. The molecule has 23 heavy (non-hydrogen) atoms. The summed E-state index contributed by atoms with van der Waals surface area (Å²) in [7, 11) is 0. The van der Waals surface area contributed by atoms with E-state index in [-0.39, 0.29) is 0 Å². The minimum Gasteiger partial charge on any atom is -0.366 e. The van der Waals surface area contributed by atoms with Crippen molar-refractivity contribution in [2.24, 2.45) is 0 Å². The van der Waals surface area contributed by atoms with Crippen molar-refractivity contribution in [3.63, 3.8) is 0 Å². The number of nitrogens with one attached hydrogen (secondary N) is 2. The van der Waals surface area contributed by atoms with Gasteiger partial charge in [0.1, 0.15) is 17.5 Å². The number of hydrogen-bond donors (Lipinski definition) is 2. The van der Waals surface area contributed by atoms with Crippen LogP contribution in [0, 0.1) is 13.8 Å². The third-order valence-electron chi connectivity index (χ3n) is 3.32. The van der Waals surface area contributed by atoms with Gasteiger partial charge >= 0.3 is 0 Å². The van der Waals surface area contributed by atoms with E-state index in [9.17, 15) is 0 Å². The van der Waals surface area contributed by atoms with Crippen LogP contribution >= 0.6 is 0 Å². The van der Waals surface area contributed by atoms with E-state index in [0.717, 1.165) is 28.7 Å². The predicted octanol–water partition coefficient (Wildman–Crippen LogP) is 3.84. The van der Waals surface area contributed by atoms with Crippen LogP contribution in [0.1, 0.15) is 17.0 Å². The molecule has 0 saturated heterocycles. The summed E-state index contributed by atoms with van der Waals surface area (Å²) in [6.45, 7) is 4.63. The van der Waals surface area contributed by atoms with Gasteiger partial charge in [-0.1, -0.05) is 18.2 Å². The van der Waals surface area contributed by atoms with Crippen LogP contribution in [0.25, 0.3) is 0 Å². The van der Waals surface area contributed by atoms with Gasteiger partial charge in [0.25, 0.3) is 0 Å². The molecule has 5 heteroatoms. The minimum absolute atomic E-state index is 0.675. The van der Waals surface area contributed by atoms with Gasteiger partial charge in [0.2, 0.25) is 0 Å². The van der Waals surface area contributed by atoms with E-state index in [1.165, 1.54) is 5.56 Å². The molecule has 2 heterocycles. The van der Waals surface area contributed by atoms with Crippen molar-refractivity contribution in [2.75, 3.05) is 10.6 Å². The molecule has 3 aromatic rings. The van der Waals surface area contributed by atoms with Crippen LogP contribution in [0.4, 0.5) is 17.3 Å². The highest BCUT2D eigenvalue weighted by Gasteiger charge is 2.03. The van der Waals surface area contributed by atoms with Gasteiger partial charge in [-0.2, -0.15) is 0 Å². The van der Waals surface area contributed by atoms with E-state index in [4.69, 9.17) is 0 Å². The molecule has 116 valence electrons. The highest BCUT2D eigenvalue weighted by molar-refractivity contribution is 5.59. The predicted molar refractivity (Wildman–Crippen MR) is 92.8 cm³/mol. The van der Waals surface area contributed by atoms with Gasteiger partial charge < -0.3 is 10.6 Å². The molecule has 0 aliphatic carbocycles. The summed E-state index contributed by atoms with van der Waals surface area (Å²) >= 11 is 0. The van der Waals surface area contributed by atoms with Crippen LogP contribution in [-0.2, 0) is 6.54 Å². The number of aromatic nitrogens is 3. The lowest BCUT2D eigenvalue weighted by atomic mass is 10.2. The van der Waals surface area contributed by atoms with Crippen molar-refractivity contribution in [3.05, 3.63) is 71.8 Å². The molecule has 1 aromatic carbocycles. The Balaban J connectivity index is 1.73. The van der Waals surface area contributed by atoms with Gasteiger partial charge in [-0.25, -0.2) is 9.97 Å². The largest absolute Gasteiger partial charge is 0.366 e. The molecule has 0 unspecified atom stereocenters. The van der Waals surface area contributed by atoms with Gasteiger partial charge in [-0.15, -0.1) is 0 Å². The maximum atomic E-state index is 4.44. The Labute approximate surface area is 135 Å². The van der Waals surface area contributed by atoms with Crippen molar-refractivity contribution in [1.82, 2.24) is 15.0 Å².